The van der Waals surface area contributed by atoms with Gasteiger partial charge in [-0.25, -0.2) is 9.59 Å². The van der Waals surface area contributed by atoms with Crippen LogP contribution < -0.4 is 9.47 Å². The quantitative estimate of drug-likeness (QED) is 0.411. The lowest BCUT2D eigenvalue weighted by molar-refractivity contribution is 0.0681. The first-order valence-corrected chi connectivity index (χ1v) is 8.39. The number of unbranched alkanes of at least 4 members (excludes halogenated alkanes) is 3. The summed E-state index contributed by atoms with van der Waals surface area (Å²) < 4.78 is 10.8. The van der Waals surface area contributed by atoms with Crippen molar-refractivity contribution < 1.29 is 24.2 Å². The van der Waals surface area contributed by atoms with E-state index in [1.54, 1.807) is 36.4 Å². The summed E-state index contributed by atoms with van der Waals surface area (Å²) in [6.45, 7) is 2.81. The lowest BCUT2D eigenvalue weighted by Crippen LogP contribution is -2.11. The minimum absolute atomic E-state index is 0.0243. The molecule has 0 amide bonds. The first-order chi connectivity index (χ1) is 12.1. The second-order valence-electron chi connectivity index (χ2n) is 5.62. The van der Waals surface area contributed by atoms with E-state index in [0.29, 0.717) is 17.9 Å². The smallest absolute Gasteiger partial charge is 0.343 e. The van der Waals surface area contributed by atoms with E-state index in [-0.39, 0.29) is 11.3 Å². The summed E-state index contributed by atoms with van der Waals surface area (Å²) in [5.41, 5.74) is 0.279. The Balaban J connectivity index is 1.93. The van der Waals surface area contributed by atoms with Crippen LogP contribution in [0.5, 0.6) is 11.5 Å². The van der Waals surface area contributed by atoms with E-state index in [2.05, 4.69) is 6.92 Å². The predicted octanol–water partition coefficient (Wildman–Crippen LogP) is 4.56. The maximum Gasteiger partial charge on any atom is 0.343 e. The van der Waals surface area contributed by atoms with Gasteiger partial charge in [0.25, 0.3) is 0 Å². The van der Waals surface area contributed by atoms with E-state index in [4.69, 9.17) is 14.6 Å². The monoisotopic (exact) mass is 342 g/mol. The van der Waals surface area contributed by atoms with Crippen LogP contribution in [0.15, 0.2) is 48.5 Å². The third-order valence-corrected chi connectivity index (χ3v) is 3.68. The van der Waals surface area contributed by atoms with Crippen molar-refractivity contribution >= 4 is 11.9 Å². The Bertz CT molecular complexity index is 706. The molecule has 0 aliphatic carbocycles. The van der Waals surface area contributed by atoms with Gasteiger partial charge in [-0.3, -0.25) is 0 Å². The second-order valence-corrected chi connectivity index (χ2v) is 5.62. The topological polar surface area (TPSA) is 72.8 Å². The van der Waals surface area contributed by atoms with Crippen LogP contribution in [0.3, 0.4) is 0 Å². The number of benzene rings is 2. The number of aromatic carboxylic acids is 1. The molecule has 0 aromatic heterocycles. The van der Waals surface area contributed by atoms with Gasteiger partial charge < -0.3 is 14.6 Å². The molecule has 0 spiro atoms. The van der Waals surface area contributed by atoms with Gasteiger partial charge in [0.15, 0.2) is 0 Å². The molecule has 0 fully saturated rings. The molecule has 2 aromatic carbocycles. The largest absolute Gasteiger partial charge is 0.494 e. The van der Waals surface area contributed by atoms with E-state index >= 15 is 0 Å². The van der Waals surface area contributed by atoms with E-state index in [1.165, 1.54) is 25.0 Å². The molecule has 2 aromatic rings. The molecule has 25 heavy (non-hydrogen) atoms. The van der Waals surface area contributed by atoms with Gasteiger partial charge in [0.05, 0.1) is 12.2 Å². The van der Waals surface area contributed by atoms with Gasteiger partial charge in [-0.2, -0.15) is 0 Å². The maximum absolute atomic E-state index is 12.2. The van der Waals surface area contributed by atoms with Crippen molar-refractivity contribution in [3.05, 3.63) is 59.7 Å². The van der Waals surface area contributed by atoms with E-state index in [1.807, 2.05) is 0 Å². The van der Waals surface area contributed by atoms with Crippen molar-refractivity contribution in [2.75, 3.05) is 6.61 Å². The highest BCUT2D eigenvalue weighted by molar-refractivity contribution is 5.95. The zero-order valence-corrected chi connectivity index (χ0v) is 14.2. The van der Waals surface area contributed by atoms with Gasteiger partial charge >= 0.3 is 11.9 Å². The summed E-state index contributed by atoms with van der Waals surface area (Å²) in [4.78, 5) is 23.3. The van der Waals surface area contributed by atoms with Crippen LogP contribution in [0.4, 0.5) is 0 Å². The minimum Gasteiger partial charge on any atom is -0.494 e. The van der Waals surface area contributed by atoms with Crippen molar-refractivity contribution in [1.82, 2.24) is 0 Å². The van der Waals surface area contributed by atoms with Crippen LogP contribution in [0.1, 0.15) is 53.3 Å². The number of carbonyl (C=O) groups excluding carboxylic acids is 1. The standard InChI is InChI=1S/C20H22O5/c1-2-3-4-7-14-24-16-12-10-15(11-13-16)20(23)25-18-9-6-5-8-17(18)19(21)22/h5-6,8-13H,2-4,7,14H2,1H3,(H,21,22). The SMILES string of the molecule is CCCCCCOc1ccc(C(=O)Oc2ccccc2C(=O)O)cc1. The Morgan fingerprint density at radius 2 is 1.68 bits per heavy atom. The lowest BCUT2D eigenvalue weighted by Gasteiger charge is -2.09. The van der Waals surface area contributed by atoms with E-state index in [9.17, 15) is 9.59 Å². The molecule has 0 radical (unpaired) electrons. The van der Waals surface area contributed by atoms with Crippen LogP contribution in [-0.4, -0.2) is 23.7 Å². The number of para-hydroxylation sites is 1. The molecule has 0 heterocycles. The van der Waals surface area contributed by atoms with Gasteiger partial charge in [-0.15, -0.1) is 0 Å². The van der Waals surface area contributed by atoms with Crippen molar-refractivity contribution in [3.63, 3.8) is 0 Å². The van der Waals surface area contributed by atoms with Crippen molar-refractivity contribution in [3.8, 4) is 11.5 Å². The average Bonchev–Trinajstić information content (AvgIpc) is 2.62. The Hall–Kier alpha value is -2.82. The molecule has 0 aliphatic heterocycles. The number of rotatable bonds is 9. The Labute approximate surface area is 147 Å². The number of hydrogen-bond acceptors (Lipinski definition) is 4. The summed E-state index contributed by atoms with van der Waals surface area (Å²) >= 11 is 0. The number of ether oxygens (including phenoxy) is 2. The van der Waals surface area contributed by atoms with Gasteiger partial charge in [0.1, 0.15) is 17.1 Å². The van der Waals surface area contributed by atoms with Crippen molar-refractivity contribution in [1.29, 1.82) is 0 Å². The molecule has 0 saturated carbocycles. The van der Waals surface area contributed by atoms with Gasteiger partial charge in [0.2, 0.25) is 0 Å². The number of hydrogen-bond donors (Lipinski definition) is 1. The molecule has 0 aliphatic rings. The zero-order chi connectivity index (χ0) is 18.1. The predicted molar refractivity (Wildman–Crippen MR) is 94.4 cm³/mol. The fourth-order valence-corrected chi connectivity index (χ4v) is 2.30. The normalized spacial score (nSPS) is 10.3. The molecule has 5 nitrogen and oxygen atoms in total. The lowest BCUT2D eigenvalue weighted by atomic mass is 10.2. The van der Waals surface area contributed by atoms with Crippen LogP contribution in [0, 0.1) is 0 Å². The van der Waals surface area contributed by atoms with Crippen molar-refractivity contribution in [2.24, 2.45) is 0 Å². The van der Waals surface area contributed by atoms with Crippen molar-refractivity contribution in [2.45, 2.75) is 32.6 Å². The third-order valence-electron chi connectivity index (χ3n) is 3.68. The maximum atomic E-state index is 12.2. The Morgan fingerprint density at radius 3 is 2.36 bits per heavy atom. The molecular weight excluding hydrogens is 320 g/mol. The molecule has 1 N–H and O–H groups in total. The third kappa shape index (κ3) is 5.64. The van der Waals surface area contributed by atoms with Crippen LogP contribution in [0.2, 0.25) is 0 Å². The number of carboxylic acids is 1. The Morgan fingerprint density at radius 1 is 0.960 bits per heavy atom. The van der Waals surface area contributed by atoms with Crippen LogP contribution >= 0.6 is 0 Å². The Kier molecular flexibility index (Phi) is 7.01. The highest BCUT2D eigenvalue weighted by atomic mass is 16.5. The number of esters is 1. The molecule has 0 bridgehead atoms. The molecule has 132 valence electrons. The number of carboxylic acid groups (broad SMARTS) is 1. The molecule has 0 saturated heterocycles. The summed E-state index contributed by atoms with van der Waals surface area (Å²) in [7, 11) is 0. The molecule has 0 unspecified atom stereocenters. The molecule has 0 atom stereocenters. The van der Waals surface area contributed by atoms with Crippen LogP contribution in [-0.2, 0) is 0 Å². The van der Waals surface area contributed by atoms with E-state index in [0.717, 1.165) is 12.8 Å². The van der Waals surface area contributed by atoms with Gasteiger partial charge in [0, 0.05) is 0 Å². The fraction of sp³-hybridized carbons (Fsp3) is 0.300. The molecular formula is C20H22O5. The molecule has 2 rings (SSSR count). The van der Waals surface area contributed by atoms with Gasteiger partial charge in [-0.05, 0) is 42.8 Å². The zero-order valence-electron chi connectivity index (χ0n) is 14.2. The highest BCUT2D eigenvalue weighted by Crippen LogP contribution is 2.20. The first kappa shape index (κ1) is 18.5. The first-order valence-electron chi connectivity index (χ1n) is 8.39. The fourth-order valence-electron chi connectivity index (χ4n) is 2.30. The second kappa shape index (κ2) is 9.47. The van der Waals surface area contributed by atoms with Gasteiger partial charge in [-0.1, -0.05) is 38.3 Å². The number of carbonyl (C=O) groups is 2. The average molecular weight is 342 g/mol. The molecule has 5 heteroatoms. The summed E-state index contributed by atoms with van der Waals surface area (Å²) in [6, 6.07) is 12.7. The summed E-state index contributed by atoms with van der Waals surface area (Å²) in [5, 5.41) is 9.11. The summed E-state index contributed by atoms with van der Waals surface area (Å²) in [5.74, 6) is -1.03. The summed E-state index contributed by atoms with van der Waals surface area (Å²) in [6.07, 6.45) is 4.53. The highest BCUT2D eigenvalue weighted by Gasteiger charge is 2.15. The van der Waals surface area contributed by atoms with Crippen LogP contribution in [0.25, 0.3) is 0 Å². The minimum atomic E-state index is -1.14. The van der Waals surface area contributed by atoms with E-state index < -0.39 is 11.9 Å².